The smallest absolute Gasteiger partial charge is 0.206 e. The minimum absolute atomic E-state index is 0.188. The summed E-state index contributed by atoms with van der Waals surface area (Å²) in [4.78, 5) is 23.6. The Bertz CT molecular complexity index is 530. The molecule has 0 N–H and O–H groups in total. The average Bonchev–Trinajstić information content (AvgIpc) is 2.33. The van der Waals surface area contributed by atoms with Crippen molar-refractivity contribution in [1.82, 2.24) is 0 Å². The van der Waals surface area contributed by atoms with E-state index in [1.807, 2.05) is 13.0 Å². The highest BCUT2D eigenvalue weighted by atomic mass is 35.5. The average molecular weight is 255 g/mol. The molecule has 0 spiro atoms. The summed E-state index contributed by atoms with van der Waals surface area (Å²) in [5, 5.41) is -0.379. The van der Waals surface area contributed by atoms with Crippen molar-refractivity contribution in [3.05, 3.63) is 45.0 Å². The molecule has 0 saturated heterocycles. The first-order valence-electron chi connectivity index (χ1n) is 4.83. The van der Waals surface area contributed by atoms with Crippen molar-refractivity contribution in [2.45, 2.75) is 13.3 Å². The van der Waals surface area contributed by atoms with Crippen LogP contribution >= 0.6 is 23.2 Å². The first kappa shape index (κ1) is 11.4. The first-order valence-corrected chi connectivity index (χ1v) is 5.59. The van der Waals surface area contributed by atoms with Gasteiger partial charge >= 0.3 is 0 Å². The molecule has 82 valence electrons. The maximum atomic E-state index is 11.8. The standard InChI is InChI=1S/C12H8Cl2O2/c1-2-6-3-4-7-8(5-6)12(16)10(14)9(13)11(7)15/h3-5H,2H2,1H3. The minimum atomic E-state index is -0.385. The summed E-state index contributed by atoms with van der Waals surface area (Å²) in [7, 11) is 0. The first-order chi connectivity index (χ1) is 7.56. The van der Waals surface area contributed by atoms with Crippen molar-refractivity contribution in [2.75, 3.05) is 0 Å². The van der Waals surface area contributed by atoms with Crippen molar-refractivity contribution in [3.8, 4) is 0 Å². The number of carbonyl (C=O) groups excluding carboxylic acids is 2. The van der Waals surface area contributed by atoms with Crippen LogP contribution < -0.4 is 0 Å². The highest BCUT2D eigenvalue weighted by Gasteiger charge is 2.30. The van der Waals surface area contributed by atoms with Crippen LogP contribution in [0.3, 0.4) is 0 Å². The van der Waals surface area contributed by atoms with E-state index in [-0.39, 0.29) is 21.6 Å². The van der Waals surface area contributed by atoms with Gasteiger partial charge < -0.3 is 0 Å². The lowest BCUT2D eigenvalue weighted by atomic mass is 9.92. The zero-order valence-electron chi connectivity index (χ0n) is 8.51. The second kappa shape index (κ2) is 4.04. The number of ketones is 2. The molecule has 16 heavy (non-hydrogen) atoms. The van der Waals surface area contributed by atoms with E-state index < -0.39 is 0 Å². The maximum Gasteiger partial charge on any atom is 0.206 e. The van der Waals surface area contributed by atoms with Crippen LogP contribution in [0.2, 0.25) is 0 Å². The Kier molecular flexibility index (Phi) is 2.87. The SMILES string of the molecule is CCc1ccc2c(c1)C(=O)C(Cl)=C(Cl)C2=O. The van der Waals surface area contributed by atoms with Crippen molar-refractivity contribution < 1.29 is 9.59 Å². The molecule has 0 fully saturated rings. The molecule has 0 saturated carbocycles. The number of allylic oxidation sites excluding steroid dienone is 2. The number of fused-ring (bicyclic) bond motifs is 1. The molecular formula is C12H8Cl2O2. The summed E-state index contributed by atoms with van der Waals surface area (Å²) < 4.78 is 0. The number of carbonyl (C=O) groups is 2. The molecule has 1 aliphatic rings. The normalized spacial score (nSPS) is 15.4. The van der Waals surface area contributed by atoms with Gasteiger partial charge in [-0.2, -0.15) is 0 Å². The lowest BCUT2D eigenvalue weighted by molar-refractivity contribution is 0.0987. The fraction of sp³-hybridized carbons (Fsp3) is 0.167. The van der Waals surface area contributed by atoms with Gasteiger partial charge in [-0.15, -0.1) is 0 Å². The number of aryl methyl sites for hydroxylation is 1. The van der Waals surface area contributed by atoms with E-state index in [0.717, 1.165) is 12.0 Å². The van der Waals surface area contributed by atoms with E-state index in [1.54, 1.807) is 12.1 Å². The third kappa shape index (κ3) is 1.58. The quantitative estimate of drug-likeness (QED) is 0.771. The van der Waals surface area contributed by atoms with Gasteiger partial charge in [-0.25, -0.2) is 0 Å². The van der Waals surface area contributed by atoms with Crippen LogP contribution in [0.4, 0.5) is 0 Å². The van der Waals surface area contributed by atoms with Crippen LogP contribution in [0.1, 0.15) is 33.2 Å². The second-order valence-corrected chi connectivity index (χ2v) is 4.28. The molecular weight excluding hydrogens is 247 g/mol. The van der Waals surface area contributed by atoms with E-state index in [0.29, 0.717) is 11.1 Å². The maximum absolute atomic E-state index is 11.8. The van der Waals surface area contributed by atoms with Crippen molar-refractivity contribution in [1.29, 1.82) is 0 Å². The molecule has 0 aliphatic heterocycles. The van der Waals surface area contributed by atoms with Crippen LogP contribution in [0, 0.1) is 0 Å². The van der Waals surface area contributed by atoms with E-state index in [2.05, 4.69) is 0 Å². The van der Waals surface area contributed by atoms with Crippen LogP contribution in [-0.2, 0) is 6.42 Å². The minimum Gasteiger partial charge on any atom is -0.288 e. The van der Waals surface area contributed by atoms with Gasteiger partial charge in [0.25, 0.3) is 0 Å². The molecule has 2 rings (SSSR count). The summed E-state index contributed by atoms with van der Waals surface area (Å²) in [5.41, 5.74) is 1.66. The van der Waals surface area contributed by atoms with Crippen LogP contribution in [-0.4, -0.2) is 11.6 Å². The van der Waals surface area contributed by atoms with Gasteiger partial charge in [0, 0.05) is 11.1 Å². The Morgan fingerprint density at radius 3 is 2.12 bits per heavy atom. The van der Waals surface area contributed by atoms with Crippen molar-refractivity contribution >= 4 is 34.8 Å². The Balaban J connectivity index is 2.67. The van der Waals surface area contributed by atoms with Crippen molar-refractivity contribution in [3.63, 3.8) is 0 Å². The molecule has 2 nitrogen and oxygen atoms in total. The fourth-order valence-electron chi connectivity index (χ4n) is 1.63. The predicted molar refractivity (Wildman–Crippen MR) is 63.2 cm³/mol. The lowest BCUT2D eigenvalue weighted by Gasteiger charge is -2.14. The summed E-state index contributed by atoms with van der Waals surface area (Å²) in [6.45, 7) is 1.97. The van der Waals surface area contributed by atoms with E-state index >= 15 is 0 Å². The number of halogens is 2. The van der Waals surface area contributed by atoms with Crippen LogP contribution in [0.5, 0.6) is 0 Å². The second-order valence-electron chi connectivity index (χ2n) is 3.52. The Morgan fingerprint density at radius 2 is 1.56 bits per heavy atom. The van der Waals surface area contributed by atoms with E-state index in [4.69, 9.17) is 23.2 Å². The molecule has 0 atom stereocenters. The zero-order chi connectivity index (χ0) is 11.9. The lowest BCUT2D eigenvalue weighted by Crippen LogP contribution is -2.17. The molecule has 4 heteroatoms. The van der Waals surface area contributed by atoms with E-state index in [1.165, 1.54) is 0 Å². The van der Waals surface area contributed by atoms with Gasteiger partial charge in [0.1, 0.15) is 10.1 Å². The third-order valence-electron chi connectivity index (χ3n) is 2.57. The molecule has 0 aromatic heterocycles. The fourth-order valence-corrected chi connectivity index (χ4v) is 2.01. The summed E-state index contributed by atoms with van der Waals surface area (Å²) in [5.74, 6) is -0.763. The van der Waals surface area contributed by atoms with Gasteiger partial charge in [0.2, 0.25) is 11.6 Å². The molecule has 1 aliphatic carbocycles. The van der Waals surface area contributed by atoms with Crippen LogP contribution in [0.15, 0.2) is 28.3 Å². The molecule has 0 radical (unpaired) electrons. The summed E-state index contributed by atoms with van der Waals surface area (Å²) in [6.07, 6.45) is 0.795. The largest absolute Gasteiger partial charge is 0.288 e. The summed E-state index contributed by atoms with van der Waals surface area (Å²) >= 11 is 11.4. The highest BCUT2D eigenvalue weighted by Crippen LogP contribution is 2.31. The number of hydrogen-bond acceptors (Lipinski definition) is 2. The molecule has 0 bridgehead atoms. The number of rotatable bonds is 1. The third-order valence-corrected chi connectivity index (χ3v) is 3.39. The van der Waals surface area contributed by atoms with Gasteiger partial charge in [0.15, 0.2) is 0 Å². The molecule has 0 heterocycles. The monoisotopic (exact) mass is 254 g/mol. The molecule has 0 unspecified atom stereocenters. The Labute approximate surface area is 103 Å². The molecule has 1 aromatic rings. The van der Waals surface area contributed by atoms with E-state index in [9.17, 15) is 9.59 Å². The highest BCUT2D eigenvalue weighted by molar-refractivity contribution is 6.59. The van der Waals surface area contributed by atoms with Crippen LogP contribution in [0.25, 0.3) is 0 Å². The van der Waals surface area contributed by atoms with Gasteiger partial charge in [0.05, 0.1) is 0 Å². The molecule has 0 amide bonds. The summed E-state index contributed by atoms with van der Waals surface area (Å²) in [6, 6.07) is 5.13. The van der Waals surface area contributed by atoms with Crippen molar-refractivity contribution in [2.24, 2.45) is 0 Å². The Morgan fingerprint density at radius 1 is 1.00 bits per heavy atom. The van der Waals surface area contributed by atoms with Gasteiger partial charge in [-0.3, -0.25) is 9.59 Å². The Hall–Kier alpha value is -1.12. The number of benzene rings is 1. The topological polar surface area (TPSA) is 34.1 Å². The predicted octanol–water partition coefficient (Wildman–Crippen LogP) is 3.32. The molecule has 1 aromatic carbocycles. The number of Topliss-reactive ketones (excluding diaryl/α,β-unsaturated/α-hetero) is 2. The number of hydrogen-bond donors (Lipinski definition) is 0. The van der Waals surface area contributed by atoms with Gasteiger partial charge in [-0.1, -0.05) is 36.2 Å². The van der Waals surface area contributed by atoms with Gasteiger partial charge in [-0.05, 0) is 24.1 Å². The zero-order valence-corrected chi connectivity index (χ0v) is 10.0.